The molecule has 11 nitrogen and oxygen atoms in total. The Balaban J connectivity index is 1.19. The first-order valence-corrected chi connectivity index (χ1v) is 16.0. The minimum absolute atomic E-state index is 0.101. The molecule has 0 radical (unpaired) electrons. The van der Waals surface area contributed by atoms with Crippen molar-refractivity contribution < 1.29 is 33.6 Å². The number of nitrogens with one attached hydrogen (secondary N) is 2. The van der Waals surface area contributed by atoms with Gasteiger partial charge in [0.1, 0.15) is 17.6 Å². The average Bonchev–Trinajstić information content (AvgIpc) is 3.56. The third-order valence-electron chi connectivity index (χ3n) is 8.42. The van der Waals surface area contributed by atoms with E-state index in [9.17, 15) is 14.7 Å². The van der Waals surface area contributed by atoms with Gasteiger partial charge in [-0.2, -0.15) is 0 Å². The lowest BCUT2D eigenvalue weighted by atomic mass is 9.99. The Bertz CT molecular complexity index is 1730. The fourth-order valence-electron chi connectivity index (χ4n) is 5.79. The summed E-state index contributed by atoms with van der Waals surface area (Å²) in [7, 11) is 2.02. The van der Waals surface area contributed by atoms with Crippen molar-refractivity contribution in [2.24, 2.45) is 5.92 Å². The molecule has 0 aromatic heterocycles. The molecule has 2 heterocycles. The maximum absolute atomic E-state index is 13.8. The second-order valence-electron chi connectivity index (χ2n) is 12.2. The van der Waals surface area contributed by atoms with E-state index in [-0.39, 0.29) is 37.1 Å². The molecule has 11 heteroatoms. The van der Waals surface area contributed by atoms with Gasteiger partial charge < -0.3 is 39.6 Å². The Morgan fingerprint density at radius 2 is 1.73 bits per heavy atom. The van der Waals surface area contributed by atoms with Gasteiger partial charge in [0.05, 0.1) is 23.9 Å². The Morgan fingerprint density at radius 1 is 0.979 bits per heavy atom. The van der Waals surface area contributed by atoms with Crippen molar-refractivity contribution in [3.05, 3.63) is 102 Å². The van der Waals surface area contributed by atoms with E-state index < -0.39 is 12.1 Å². The Morgan fingerprint density at radius 3 is 2.50 bits per heavy atom. The lowest BCUT2D eigenvalue weighted by Crippen LogP contribution is -2.49. The molecule has 4 aromatic rings. The number of nitrogens with zero attached hydrogens (tertiary/aromatic N) is 2. The standard InChI is InChI=1S/C37H40N4O7/c1-24-19-41(25(2)22-42)36(43)30-10-7-11-31(39-37(44)38-27-14-17-32-33(18-27)46-23-45-32)35(30)48-34(24)21-40(3)20-26-12-15-29(16-13-26)47-28-8-5-4-6-9-28/h4-18,24-25,34,42H,19-23H2,1-3H3,(H2,38,39,44)/t24-,25-,34-/m0/s1. The predicted molar refractivity (Wildman–Crippen MR) is 182 cm³/mol. The van der Waals surface area contributed by atoms with Crippen LogP contribution in [0.5, 0.6) is 28.7 Å². The average molecular weight is 653 g/mol. The van der Waals surface area contributed by atoms with E-state index in [0.717, 1.165) is 17.1 Å². The van der Waals surface area contributed by atoms with Crippen LogP contribution in [0.15, 0.2) is 91.0 Å². The normalized spacial score (nSPS) is 17.5. The third-order valence-corrected chi connectivity index (χ3v) is 8.42. The summed E-state index contributed by atoms with van der Waals surface area (Å²) in [5, 5.41) is 15.7. The number of aliphatic hydroxyl groups is 1. The quantitative estimate of drug-likeness (QED) is 0.185. The fraction of sp³-hybridized carbons (Fsp3) is 0.297. The maximum atomic E-state index is 13.8. The first-order chi connectivity index (χ1) is 23.3. The minimum atomic E-state index is -0.512. The molecule has 2 aliphatic heterocycles. The van der Waals surface area contributed by atoms with Gasteiger partial charge in [0.2, 0.25) is 6.79 Å². The van der Waals surface area contributed by atoms with Crippen molar-refractivity contribution in [3.63, 3.8) is 0 Å². The van der Waals surface area contributed by atoms with Crippen LogP contribution in [0.25, 0.3) is 0 Å². The molecule has 3 N–H and O–H groups in total. The van der Waals surface area contributed by atoms with Gasteiger partial charge in [0.25, 0.3) is 5.91 Å². The van der Waals surface area contributed by atoms with Crippen LogP contribution in [0.2, 0.25) is 0 Å². The van der Waals surface area contributed by atoms with Gasteiger partial charge in [-0.1, -0.05) is 43.3 Å². The summed E-state index contributed by atoms with van der Waals surface area (Å²) < 4.78 is 23.4. The van der Waals surface area contributed by atoms with Crippen LogP contribution in [-0.2, 0) is 6.54 Å². The molecule has 3 amide bonds. The number of carbonyl (C=O) groups excluding carboxylic acids is 2. The van der Waals surface area contributed by atoms with Crippen molar-refractivity contribution in [3.8, 4) is 28.7 Å². The molecule has 6 rings (SSSR count). The zero-order chi connectivity index (χ0) is 33.6. The number of hydrogen-bond acceptors (Lipinski definition) is 8. The molecule has 2 aliphatic rings. The predicted octanol–water partition coefficient (Wildman–Crippen LogP) is 6.20. The number of likely N-dealkylation sites (N-methyl/N-ethyl adjacent to an activating group) is 1. The monoisotopic (exact) mass is 652 g/mol. The summed E-state index contributed by atoms with van der Waals surface area (Å²) in [4.78, 5) is 30.9. The smallest absolute Gasteiger partial charge is 0.323 e. The molecule has 48 heavy (non-hydrogen) atoms. The first kappa shape index (κ1) is 32.7. The lowest BCUT2D eigenvalue weighted by molar-refractivity contribution is 0.0343. The number of aliphatic hydroxyl groups excluding tert-OH is 1. The third kappa shape index (κ3) is 7.64. The van der Waals surface area contributed by atoms with Crippen molar-refractivity contribution in [2.75, 3.05) is 44.2 Å². The molecule has 0 spiro atoms. The molecule has 250 valence electrons. The number of urea groups is 1. The van der Waals surface area contributed by atoms with E-state index in [1.807, 2.05) is 75.5 Å². The van der Waals surface area contributed by atoms with Gasteiger partial charge in [0, 0.05) is 37.3 Å². The molecular formula is C37H40N4O7. The second kappa shape index (κ2) is 14.7. The number of benzene rings is 4. The summed E-state index contributed by atoms with van der Waals surface area (Å²) >= 11 is 0. The van der Waals surface area contributed by atoms with E-state index >= 15 is 0 Å². The van der Waals surface area contributed by atoms with Crippen LogP contribution in [0.1, 0.15) is 29.8 Å². The van der Waals surface area contributed by atoms with E-state index in [0.29, 0.717) is 48.1 Å². The van der Waals surface area contributed by atoms with Gasteiger partial charge in [-0.15, -0.1) is 0 Å². The van der Waals surface area contributed by atoms with Crippen LogP contribution in [-0.4, -0.2) is 72.5 Å². The minimum Gasteiger partial charge on any atom is -0.486 e. The molecular weight excluding hydrogens is 612 g/mol. The number of anilines is 2. The summed E-state index contributed by atoms with van der Waals surface area (Å²) in [6, 6.07) is 26.9. The zero-order valence-electron chi connectivity index (χ0n) is 27.2. The van der Waals surface area contributed by atoms with E-state index in [2.05, 4.69) is 15.5 Å². The van der Waals surface area contributed by atoms with Gasteiger partial charge in [-0.05, 0) is 68.1 Å². The molecule has 4 aromatic carbocycles. The summed E-state index contributed by atoms with van der Waals surface area (Å²) in [6.45, 7) is 5.38. The molecule has 0 bridgehead atoms. The van der Waals surface area contributed by atoms with Crippen molar-refractivity contribution in [2.45, 2.75) is 32.5 Å². The van der Waals surface area contributed by atoms with Crippen LogP contribution in [0.3, 0.4) is 0 Å². The van der Waals surface area contributed by atoms with Crippen molar-refractivity contribution >= 4 is 23.3 Å². The van der Waals surface area contributed by atoms with Crippen molar-refractivity contribution in [1.29, 1.82) is 0 Å². The molecule has 0 saturated heterocycles. The van der Waals surface area contributed by atoms with Crippen LogP contribution in [0.4, 0.5) is 16.2 Å². The SMILES string of the molecule is C[C@H]1CN([C@@H](C)CO)C(=O)c2cccc(NC(=O)Nc3ccc4c(c3)OCO4)c2O[C@H]1CN(C)Cc1ccc(Oc2ccccc2)cc1. The summed E-state index contributed by atoms with van der Waals surface area (Å²) in [6.07, 6.45) is -0.351. The molecule has 0 saturated carbocycles. The Kier molecular flexibility index (Phi) is 9.98. The highest BCUT2D eigenvalue weighted by Crippen LogP contribution is 2.36. The molecule has 0 fully saturated rings. The van der Waals surface area contributed by atoms with Crippen molar-refractivity contribution in [1.82, 2.24) is 9.80 Å². The lowest BCUT2D eigenvalue weighted by Gasteiger charge is -2.38. The van der Waals surface area contributed by atoms with Gasteiger partial charge in [0.15, 0.2) is 17.2 Å². The van der Waals surface area contributed by atoms with Crippen LogP contribution in [0, 0.1) is 5.92 Å². The number of amides is 3. The molecule has 0 aliphatic carbocycles. The number of ether oxygens (including phenoxy) is 4. The number of carbonyl (C=O) groups is 2. The topological polar surface area (TPSA) is 122 Å². The Labute approximate surface area is 280 Å². The number of para-hydroxylation sites is 2. The van der Waals surface area contributed by atoms with Crippen LogP contribution >= 0.6 is 0 Å². The number of hydrogen-bond donors (Lipinski definition) is 3. The number of fused-ring (bicyclic) bond motifs is 2. The first-order valence-electron chi connectivity index (χ1n) is 16.0. The highest BCUT2D eigenvalue weighted by Gasteiger charge is 2.34. The molecule has 0 unspecified atom stereocenters. The largest absolute Gasteiger partial charge is 0.486 e. The summed E-state index contributed by atoms with van der Waals surface area (Å²) in [5.41, 5.74) is 2.28. The number of rotatable bonds is 10. The van der Waals surface area contributed by atoms with Gasteiger partial charge >= 0.3 is 6.03 Å². The van der Waals surface area contributed by atoms with E-state index in [1.54, 1.807) is 41.3 Å². The van der Waals surface area contributed by atoms with Crippen LogP contribution < -0.4 is 29.6 Å². The van der Waals surface area contributed by atoms with Gasteiger partial charge in [-0.25, -0.2) is 4.79 Å². The van der Waals surface area contributed by atoms with E-state index in [4.69, 9.17) is 18.9 Å². The molecule has 3 atom stereocenters. The Hall–Kier alpha value is -5.26. The van der Waals surface area contributed by atoms with Gasteiger partial charge in [-0.3, -0.25) is 9.69 Å². The fourth-order valence-corrected chi connectivity index (χ4v) is 5.79. The highest BCUT2D eigenvalue weighted by molar-refractivity contribution is 6.04. The summed E-state index contributed by atoms with van der Waals surface area (Å²) in [5.74, 6) is 2.59. The second-order valence-corrected chi connectivity index (χ2v) is 12.2. The van der Waals surface area contributed by atoms with E-state index in [1.165, 1.54) is 0 Å². The maximum Gasteiger partial charge on any atom is 0.323 e. The zero-order valence-corrected chi connectivity index (χ0v) is 27.2. The highest BCUT2D eigenvalue weighted by atomic mass is 16.7.